The third-order valence-corrected chi connectivity index (χ3v) is 30.0. The van der Waals surface area contributed by atoms with Crippen LogP contribution in [-0.2, 0) is 0 Å². The Morgan fingerprint density at radius 2 is 0.504 bits per heavy atom. The van der Waals surface area contributed by atoms with E-state index in [1.165, 1.54) is 249 Å². The lowest BCUT2D eigenvalue weighted by Gasteiger charge is -2.19. The monoisotopic (exact) mass is 1670 g/mol. The standard InChI is InChI=1S/C126H74OS2/c1-2-26-76(27-3-1)90-31-6-7-34-94(90)121-101-41-14-10-37-97(101)120(98-38-11-15-42-102(98)121)87-64-65-92-113-71-84-63-62-83(69-89(84)74-115(113)127-114(92)73-87)82-61-60-80-66-79(58-59-81(80)67-82)75-54-56-77(57-55-75)118-95-35-8-16-43-103(95)123(104-44-17-9-36-96(104)118)110-50-24-51-111-124-107(47-25-53-117(124)129-126(110)111)112-72-88(70-85-28-4-5-32-91(85)112)78-29-22-30-86(68-78)119-99-39-12-18-45-105(99)122(106-46-19-13-40-100(106)119)109-49-23-48-108-93-33-20-21-52-116(93)128-125(108)109/h1-74H. The predicted octanol–water partition coefficient (Wildman–Crippen LogP) is 37.0. The molecule has 129 heavy (non-hydrogen) atoms. The van der Waals surface area contributed by atoms with Crippen LogP contribution in [0.15, 0.2) is 453 Å². The average Bonchev–Trinajstić information content (AvgIpc) is 1.20. The van der Waals surface area contributed by atoms with E-state index in [0.717, 1.165) is 32.9 Å². The molecule has 0 spiro atoms. The molecule has 24 aromatic carbocycles. The Morgan fingerprint density at radius 1 is 0.140 bits per heavy atom. The van der Waals surface area contributed by atoms with Gasteiger partial charge in [0, 0.05) is 62.2 Å². The Labute approximate surface area is 751 Å². The van der Waals surface area contributed by atoms with E-state index in [1.807, 2.05) is 22.7 Å². The molecule has 596 valence electrons. The number of fused-ring (bicyclic) bond motifs is 18. The van der Waals surface area contributed by atoms with Crippen molar-refractivity contribution < 1.29 is 4.42 Å². The van der Waals surface area contributed by atoms with Crippen molar-refractivity contribution in [1.29, 1.82) is 0 Å². The third kappa shape index (κ3) is 11.6. The van der Waals surface area contributed by atoms with E-state index in [2.05, 4.69) is 449 Å². The highest BCUT2D eigenvalue weighted by Gasteiger charge is 2.27. The van der Waals surface area contributed by atoms with Gasteiger partial charge in [-0.1, -0.05) is 376 Å². The fourth-order valence-corrected chi connectivity index (χ4v) is 24.3. The van der Waals surface area contributed by atoms with Crippen molar-refractivity contribution in [2.45, 2.75) is 0 Å². The molecular weight excluding hydrogens is 1590 g/mol. The molecule has 0 saturated heterocycles. The Bertz CT molecular complexity index is 9270. The molecule has 0 unspecified atom stereocenters. The van der Waals surface area contributed by atoms with Gasteiger partial charge in [-0.05, 0) is 281 Å². The van der Waals surface area contributed by atoms with Crippen molar-refractivity contribution >= 4 is 182 Å². The van der Waals surface area contributed by atoms with Crippen LogP contribution in [0.4, 0.5) is 0 Å². The number of furan rings is 1. The Balaban J connectivity index is 0.498. The number of benzene rings is 24. The van der Waals surface area contributed by atoms with E-state index >= 15 is 0 Å². The third-order valence-electron chi connectivity index (χ3n) is 27.6. The van der Waals surface area contributed by atoms with Crippen LogP contribution in [0, 0.1) is 0 Å². The van der Waals surface area contributed by atoms with Gasteiger partial charge in [0.15, 0.2) is 0 Å². The molecule has 0 atom stereocenters. The second-order valence-electron chi connectivity index (χ2n) is 34.6. The SMILES string of the molecule is c1ccc(-c2ccccc2-c2c3ccccc3c(-c3ccc4c(c3)oc3cc5cc(-c6ccc7cc(-c8ccc(-c9c%10ccccc%10c(-c%10cccc%11c%10sc%10cccc(-c%12cc(-c%13cccc(-c%14c%15ccccc%15c(-c%15cccc%16c%15sc%15ccccc%15%16)c%15ccccc%14%15)c%13)cc%13ccccc%12%13)c%10%11)c%10ccccc9%10)cc8)ccc7c6)ccc5cc34)c3ccccc23)cc1. The first-order valence-electron chi connectivity index (χ1n) is 44.5. The van der Waals surface area contributed by atoms with E-state index < -0.39 is 0 Å². The zero-order valence-electron chi connectivity index (χ0n) is 69.9. The summed E-state index contributed by atoms with van der Waals surface area (Å²) in [4.78, 5) is 0. The van der Waals surface area contributed by atoms with E-state index in [0.29, 0.717) is 0 Å². The number of rotatable bonds is 11. The molecule has 3 heterocycles. The molecule has 0 saturated carbocycles. The van der Waals surface area contributed by atoms with Gasteiger partial charge < -0.3 is 4.42 Å². The zero-order chi connectivity index (χ0) is 84.5. The highest BCUT2D eigenvalue weighted by Crippen LogP contribution is 2.55. The molecule has 0 aliphatic heterocycles. The maximum atomic E-state index is 6.92. The first kappa shape index (κ1) is 73.2. The molecule has 0 radical (unpaired) electrons. The minimum atomic E-state index is 0.877. The van der Waals surface area contributed by atoms with Gasteiger partial charge in [0.1, 0.15) is 11.2 Å². The van der Waals surface area contributed by atoms with Gasteiger partial charge in [0.2, 0.25) is 0 Å². The van der Waals surface area contributed by atoms with Gasteiger partial charge in [0.05, 0.1) is 0 Å². The molecule has 0 bridgehead atoms. The predicted molar refractivity (Wildman–Crippen MR) is 557 cm³/mol. The molecule has 1 nitrogen and oxygen atoms in total. The van der Waals surface area contributed by atoms with Gasteiger partial charge in [-0.25, -0.2) is 0 Å². The van der Waals surface area contributed by atoms with Crippen molar-refractivity contribution in [1.82, 2.24) is 0 Å². The van der Waals surface area contributed by atoms with Crippen molar-refractivity contribution in [2.75, 3.05) is 0 Å². The van der Waals surface area contributed by atoms with Crippen LogP contribution in [0.2, 0.25) is 0 Å². The van der Waals surface area contributed by atoms with Gasteiger partial charge in [-0.3, -0.25) is 0 Å². The normalized spacial score (nSPS) is 12.0. The van der Waals surface area contributed by atoms with Gasteiger partial charge in [-0.15, -0.1) is 22.7 Å². The summed E-state index contributed by atoms with van der Waals surface area (Å²) in [7, 11) is 0. The van der Waals surface area contributed by atoms with Crippen LogP contribution >= 0.6 is 22.7 Å². The Kier molecular flexibility index (Phi) is 16.6. The first-order valence-corrected chi connectivity index (χ1v) is 46.1. The van der Waals surface area contributed by atoms with Crippen LogP contribution in [0.25, 0.3) is 282 Å². The highest BCUT2D eigenvalue weighted by molar-refractivity contribution is 7.27. The smallest absolute Gasteiger partial charge is 0.136 e. The Hall–Kier alpha value is -16.1. The minimum absolute atomic E-state index is 0.877. The lowest BCUT2D eigenvalue weighted by molar-refractivity contribution is 0.669. The summed E-state index contributed by atoms with van der Waals surface area (Å²) in [6, 6.07) is 168. The topological polar surface area (TPSA) is 13.1 Å². The largest absolute Gasteiger partial charge is 0.456 e. The molecule has 0 aliphatic carbocycles. The lowest BCUT2D eigenvalue weighted by atomic mass is 9.84. The molecule has 0 amide bonds. The number of hydrogen-bond donors (Lipinski definition) is 0. The molecule has 3 heteroatoms. The first-order chi connectivity index (χ1) is 64.0. The van der Waals surface area contributed by atoms with Crippen LogP contribution in [0.3, 0.4) is 0 Å². The quantitative estimate of drug-likeness (QED) is 0.118. The van der Waals surface area contributed by atoms with Crippen molar-refractivity contribution in [3.63, 3.8) is 0 Å². The van der Waals surface area contributed by atoms with Gasteiger partial charge in [-0.2, -0.15) is 0 Å². The molecule has 0 N–H and O–H groups in total. The van der Waals surface area contributed by atoms with Crippen LogP contribution in [0.5, 0.6) is 0 Å². The summed E-state index contributed by atoms with van der Waals surface area (Å²) in [6.45, 7) is 0. The summed E-state index contributed by atoms with van der Waals surface area (Å²) in [5, 5.41) is 29.4. The fourth-order valence-electron chi connectivity index (χ4n) is 21.8. The van der Waals surface area contributed by atoms with E-state index in [4.69, 9.17) is 4.42 Å². The maximum Gasteiger partial charge on any atom is 0.136 e. The van der Waals surface area contributed by atoms with Crippen molar-refractivity contribution in [2.24, 2.45) is 0 Å². The van der Waals surface area contributed by atoms with E-state index in [9.17, 15) is 0 Å². The summed E-state index contributed by atoms with van der Waals surface area (Å²) in [5.74, 6) is 0. The Morgan fingerprint density at radius 3 is 1.11 bits per heavy atom. The van der Waals surface area contributed by atoms with Gasteiger partial charge >= 0.3 is 0 Å². The molecular formula is C126H74OS2. The zero-order valence-corrected chi connectivity index (χ0v) is 71.6. The van der Waals surface area contributed by atoms with Crippen LogP contribution in [-0.4, -0.2) is 0 Å². The fraction of sp³-hybridized carbons (Fsp3) is 0. The summed E-state index contributed by atoms with van der Waals surface area (Å²) in [6.07, 6.45) is 0. The van der Waals surface area contributed by atoms with Crippen LogP contribution in [0.1, 0.15) is 0 Å². The van der Waals surface area contributed by atoms with Crippen LogP contribution < -0.4 is 0 Å². The van der Waals surface area contributed by atoms with Gasteiger partial charge in [0.25, 0.3) is 0 Å². The summed E-state index contributed by atoms with van der Waals surface area (Å²) in [5.41, 5.74) is 28.5. The van der Waals surface area contributed by atoms with E-state index in [-0.39, 0.29) is 0 Å². The second kappa shape index (κ2) is 29.2. The second-order valence-corrected chi connectivity index (χ2v) is 36.7. The van der Waals surface area contributed by atoms with Crippen molar-refractivity contribution in [3.05, 3.63) is 449 Å². The number of thiophene rings is 2. The summed E-state index contributed by atoms with van der Waals surface area (Å²) < 4.78 is 12.1. The minimum Gasteiger partial charge on any atom is -0.456 e. The molecule has 0 aliphatic rings. The number of hydrogen-bond acceptors (Lipinski definition) is 3. The summed E-state index contributed by atoms with van der Waals surface area (Å²) >= 11 is 3.82. The average molecular weight is 1670 g/mol. The lowest BCUT2D eigenvalue weighted by Crippen LogP contribution is -1.92. The van der Waals surface area contributed by atoms with Crippen molar-refractivity contribution in [3.8, 4) is 122 Å². The molecule has 27 rings (SSSR count). The molecule has 3 aromatic heterocycles. The maximum absolute atomic E-state index is 6.92. The van der Waals surface area contributed by atoms with E-state index in [1.54, 1.807) is 0 Å². The highest BCUT2D eigenvalue weighted by atomic mass is 32.1. The molecule has 0 fully saturated rings. The molecule has 27 aromatic rings.